The van der Waals surface area contributed by atoms with Gasteiger partial charge in [0.05, 0.1) is 39.3 Å². The van der Waals surface area contributed by atoms with Gasteiger partial charge in [-0.05, 0) is 109 Å². The first kappa shape index (κ1) is 94.7. The van der Waals surface area contributed by atoms with Gasteiger partial charge in [-0.1, -0.05) is 295 Å². The van der Waals surface area contributed by atoms with Crippen molar-refractivity contribution < 1.29 is 80.2 Å². The normalized spacial score (nSPS) is 14.8. The summed E-state index contributed by atoms with van der Waals surface area (Å²) in [7, 11) is -10.0. The fraction of sp³-hybridized carbons (Fsp3) is 0.630. The van der Waals surface area contributed by atoms with Crippen LogP contribution in [0.15, 0.2) is 158 Å². The van der Waals surface area contributed by atoms with E-state index in [9.17, 15) is 43.2 Å². The molecule has 568 valence electrons. The predicted molar refractivity (Wildman–Crippen MR) is 408 cm³/mol. The van der Waals surface area contributed by atoms with E-state index in [4.69, 9.17) is 37.0 Å². The van der Waals surface area contributed by atoms with E-state index in [0.29, 0.717) is 25.7 Å². The van der Waals surface area contributed by atoms with E-state index in [-0.39, 0.29) is 25.7 Å². The molecular formula is C81H132O17P2. The van der Waals surface area contributed by atoms with Crippen molar-refractivity contribution in [1.29, 1.82) is 0 Å². The first-order valence-electron chi connectivity index (χ1n) is 37.7. The third-order valence-electron chi connectivity index (χ3n) is 15.1. The van der Waals surface area contributed by atoms with Crippen LogP contribution in [0.3, 0.4) is 0 Å². The zero-order chi connectivity index (χ0) is 73.2. The summed E-state index contributed by atoms with van der Waals surface area (Å²) < 4.78 is 68.2. The average Bonchev–Trinajstić information content (AvgIpc) is 1.01. The van der Waals surface area contributed by atoms with Gasteiger partial charge in [0.15, 0.2) is 12.2 Å². The van der Waals surface area contributed by atoms with Crippen LogP contribution in [0.25, 0.3) is 0 Å². The van der Waals surface area contributed by atoms with Crippen molar-refractivity contribution in [2.24, 2.45) is 0 Å². The zero-order valence-corrected chi connectivity index (χ0v) is 63.6. The lowest BCUT2D eigenvalue weighted by atomic mass is 10.0. The van der Waals surface area contributed by atoms with Gasteiger partial charge >= 0.3 is 39.5 Å². The number of esters is 4. The molecule has 3 N–H and O–H groups in total. The smallest absolute Gasteiger partial charge is 0.462 e. The summed E-state index contributed by atoms with van der Waals surface area (Å²) in [4.78, 5) is 72.7. The number of hydrogen-bond donors (Lipinski definition) is 3. The molecule has 19 heteroatoms. The quantitative estimate of drug-likeness (QED) is 0.0169. The largest absolute Gasteiger partial charge is 0.472 e. The molecule has 0 aliphatic carbocycles. The topological polar surface area (TPSA) is 237 Å². The zero-order valence-electron chi connectivity index (χ0n) is 61.8. The molecule has 17 nitrogen and oxygen atoms in total. The van der Waals surface area contributed by atoms with Crippen molar-refractivity contribution in [2.75, 3.05) is 39.6 Å². The van der Waals surface area contributed by atoms with Crippen molar-refractivity contribution in [2.45, 2.75) is 290 Å². The van der Waals surface area contributed by atoms with Gasteiger partial charge in [-0.25, -0.2) is 9.13 Å². The van der Waals surface area contributed by atoms with Crippen LogP contribution in [0.4, 0.5) is 0 Å². The Kier molecular flexibility index (Phi) is 68.2. The molecule has 0 heterocycles. The van der Waals surface area contributed by atoms with Gasteiger partial charge in [-0.2, -0.15) is 0 Å². The number of unbranched alkanes of at least 4 members (excludes halogenated alkanes) is 19. The van der Waals surface area contributed by atoms with Crippen molar-refractivity contribution in [3.8, 4) is 0 Å². The van der Waals surface area contributed by atoms with Crippen LogP contribution in [0.2, 0.25) is 0 Å². The number of carbonyl (C=O) groups excluding carboxylic acids is 4. The summed E-state index contributed by atoms with van der Waals surface area (Å²) in [5.41, 5.74) is 0. The molecule has 0 bridgehead atoms. The second-order valence-corrected chi connectivity index (χ2v) is 27.4. The molecule has 100 heavy (non-hydrogen) atoms. The van der Waals surface area contributed by atoms with Crippen LogP contribution >= 0.6 is 15.6 Å². The number of aliphatic hydroxyl groups excluding tert-OH is 1. The summed E-state index contributed by atoms with van der Waals surface area (Å²) in [6.45, 7) is 4.27. The summed E-state index contributed by atoms with van der Waals surface area (Å²) in [6, 6.07) is 0. The maximum absolute atomic E-state index is 13.1. The van der Waals surface area contributed by atoms with Crippen LogP contribution in [-0.4, -0.2) is 96.7 Å². The summed E-state index contributed by atoms with van der Waals surface area (Å²) >= 11 is 0. The second-order valence-electron chi connectivity index (χ2n) is 24.5. The minimum Gasteiger partial charge on any atom is -0.462 e. The van der Waals surface area contributed by atoms with Gasteiger partial charge in [0.2, 0.25) is 0 Å². The van der Waals surface area contributed by atoms with Crippen LogP contribution in [-0.2, 0) is 65.4 Å². The van der Waals surface area contributed by atoms with E-state index < -0.39 is 97.5 Å². The van der Waals surface area contributed by atoms with Gasteiger partial charge in [0, 0.05) is 12.8 Å². The van der Waals surface area contributed by atoms with E-state index in [0.717, 1.165) is 128 Å². The first-order valence-corrected chi connectivity index (χ1v) is 40.7. The summed E-state index contributed by atoms with van der Waals surface area (Å²) in [6.07, 6.45) is 83.0. The van der Waals surface area contributed by atoms with Crippen LogP contribution in [0, 0.1) is 0 Å². The molecule has 5 unspecified atom stereocenters. The molecule has 0 spiro atoms. The maximum atomic E-state index is 13.1. The molecular weight excluding hydrogens is 1310 g/mol. The molecule has 0 saturated carbocycles. The van der Waals surface area contributed by atoms with Crippen LogP contribution in [0.5, 0.6) is 0 Å². The standard InChI is InChI=1S/C81H132O17P2/c1-5-9-13-17-21-25-29-33-37-41-45-49-53-57-61-65-78(83)91-71-76(97-80(85)67-63-59-55-51-47-43-39-35-31-27-23-19-15-11-7-3)73-95-99(87,88)93-69-75(82)70-94-100(89,90)96-74-77(98-81(86)68-64-60-56-52-48-44-40-36-32-28-24-20-16-12-8-4)72-92-79(84)66-62-58-54-50-46-42-38-34-30-26-22-18-14-10-6-2/h9-11,13-15,21-23,25-27,33-35,37-39,45,47,49,51,57,59,61,63,75-77,82H,5-8,12,16-20,24,28-32,36,40-44,46,48,50,52-56,58,60,62,64-74H2,1-4H3,(H,87,88)(H,89,90)/b13-9-,14-10-,15-11-,25-21-,26-22-,27-23-,37-33-,38-34-,39-35-,49-45-,51-47-,61-57-,63-59-. The fourth-order valence-electron chi connectivity index (χ4n) is 9.44. The third kappa shape index (κ3) is 71.1. The van der Waals surface area contributed by atoms with Gasteiger partial charge in [0.1, 0.15) is 19.3 Å². The number of ether oxygens (including phenoxy) is 4. The van der Waals surface area contributed by atoms with Crippen LogP contribution in [0.1, 0.15) is 272 Å². The van der Waals surface area contributed by atoms with E-state index >= 15 is 0 Å². The highest BCUT2D eigenvalue weighted by molar-refractivity contribution is 7.47. The molecule has 0 saturated heterocycles. The minimum absolute atomic E-state index is 0.0852. The molecule has 0 aromatic rings. The lowest BCUT2D eigenvalue weighted by Gasteiger charge is -2.21. The van der Waals surface area contributed by atoms with E-state index in [2.05, 4.69) is 137 Å². The van der Waals surface area contributed by atoms with Crippen molar-refractivity contribution >= 4 is 39.5 Å². The molecule has 0 rings (SSSR count). The Morgan fingerprint density at radius 2 is 0.570 bits per heavy atom. The maximum Gasteiger partial charge on any atom is 0.472 e. The van der Waals surface area contributed by atoms with Gasteiger partial charge in [0.25, 0.3) is 0 Å². The molecule has 0 aliphatic heterocycles. The number of hydrogen-bond acceptors (Lipinski definition) is 15. The molecule has 0 aromatic heterocycles. The van der Waals surface area contributed by atoms with Crippen molar-refractivity contribution in [3.63, 3.8) is 0 Å². The van der Waals surface area contributed by atoms with Gasteiger partial charge in [-0.3, -0.25) is 37.3 Å². The lowest BCUT2D eigenvalue weighted by Crippen LogP contribution is -2.30. The third-order valence-corrected chi connectivity index (χ3v) is 17.0. The molecule has 0 amide bonds. The number of carbonyl (C=O) groups is 4. The van der Waals surface area contributed by atoms with Crippen LogP contribution < -0.4 is 0 Å². The highest BCUT2D eigenvalue weighted by Gasteiger charge is 2.30. The number of rotatable bonds is 69. The summed E-state index contributed by atoms with van der Waals surface area (Å²) in [5.74, 6) is -2.50. The monoisotopic (exact) mass is 1440 g/mol. The lowest BCUT2D eigenvalue weighted by molar-refractivity contribution is -0.161. The fourth-order valence-corrected chi connectivity index (χ4v) is 11.0. The van der Waals surface area contributed by atoms with E-state index in [1.165, 1.54) is 64.2 Å². The van der Waals surface area contributed by atoms with Crippen molar-refractivity contribution in [3.05, 3.63) is 158 Å². The average molecular weight is 1440 g/mol. The van der Waals surface area contributed by atoms with E-state index in [1.54, 1.807) is 18.2 Å². The predicted octanol–water partition coefficient (Wildman–Crippen LogP) is 21.7. The van der Waals surface area contributed by atoms with E-state index in [1.807, 2.05) is 30.4 Å². The molecule has 0 aromatic carbocycles. The highest BCUT2D eigenvalue weighted by atomic mass is 31.2. The SMILES string of the molecule is CC/C=C\C/C=C\C/C=C\C/C=C\C/C=C\CC(=O)OCC(COP(=O)(O)OCC(O)COP(=O)(O)OCC(COC(=O)CCCCCCC/C=C\C/C=C\C/C=C\CC)OC(=O)CCCCCCCCCCCCCCCCC)OC(=O)C/C=C\C/C=C\C/C=C\C/C=C\C/C=C\CC. The molecule has 0 aliphatic rings. The Morgan fingerprint density at radius 1 is 0.300 bits per heavy atom. The number of aliphatic hydroxyl groups is 1. The Labute approximate surface area is 604 Å². The Hall–Kier alpha value is -5.32. The molecule has 5 atom stereocenters. The van der Waals surface area contributed by atoms with Crippen molar-refractivity contribution in [1.82, 2.24) is 0 Å². The molecule has 0 fully saturated rings. The molecule has 0 radical (unpaired) electrons. The van der Waals surface area contributed by atoms with Gasteiger partial charge in [-0.15, -0.1) is 0 Å². The van der Waals surface area contributed by atoms with Gasteiger partial charge < -0.3 is 33.8 Å². The highest BCUT2D eigenvalue weighted by Crippen LogP contribution is 2.45. The summed E-state index contributed by atoms with van der Waals surface area (Å²) in [5, 5.41) is 10.6. The first-order chi connectivity index (χ1) is 48.7. The number of phosphoric acid groups is 2. The Balaban J connectivity index is 5.51. The minimum atomic E-state index is -5.02. The number of allylic oxidation sites excluding steroid dienone is 24. The second kappa shape index (κ2) is 72.0. The Morgan fingerprint density at radius 3 is 0.930 bits per heavy atom. The Bertz CT molecular complexity index is 2520. The number of phosphoric ester groups is 2.